The van der Waals surface area contributed by atoms with Gasteiger partial charge in [0.05, 0.1) is 24.4 Å². The van der Waals surface area contributed by atoms with Crippen LogP contribution in [0.25, 0.3) is 0 Å². The van der Waals surface area contributed by atoms with Crippen molar-refractivity contribution in [3.63, 3.8) is 0 Å². The molecule has 0 bridgehead atoms. The fourth-order valence-electron chi connectivity index (χ4n) is 2.73. The number of urea groups is 1. The van der Waals surface area contributed by atoms with Crippen molar-refractivity contribution in [2.24, 2.45) is 5.10 Å². The number of methoxy groups -OCH3 is 1. The average Bonchev–Trinajstić information content (AvgIpc) is 2.80. The van der Waals surface area contributed by atoms with Crippen LogP contribution in [0.4, 0.5) is 4.79 Å². The third-order valence-electron chi connectivity index (χ3n) is 4.01. The van der Waals surface area contributed by atoms with E-state index in [4.69, 9.17) is 27.9 Å². The van der Waals surface area contributed by atoms with Crippen LogP contribution in [-0.2, 0) is 6.42 Å². The minimum atomic E-state index is -0.266. The van der Waals surface area contributed by atoms with E-state index in [0.717, 1.165) is 16.7 Å². The maximum Gasteiger partial charge on any atom is 0.337 e. The Morgan fingerprint density at radius 2 is 1.96 bits per heavy atom. The molecule has 130 valence electrons. The van der Waals surface area contributed by atoms with E-state index >= 15 is 0 Å². The van der Waals surface area contributed by atoms with Gasteiger partial charge >= 0.3 is 6.03 Å². The molecule has 1 N–H and O–H groups in total. The number of halogens is 2. The maximum atomic E-state index is 12.1. The highest BCUT2D eigenvalue weighted by molar-refractivity contribution is 6.33. The second-order valence-electron chi connectivity index (χ2n) is 5.53. The predicted molar refractivity (Wildman–Crippen MR) is 100.0 cm³/mol. The fourth-order valence-corrected chi connectivity index (χ4v) is 3.09. The van der Waals surface area contributed by atoms with E-state index < -0.39 is 0 Å². The molecule has 0 saturated carbocycles. The first-order valence-corrected chi connectivity index (χ1v) is 8.49. The summed E-state index contributed by atoms with van der Waals surface area (Å²) in [7, 11) is 3.16. The van der Waals surface area contributed by atoms with Crippen molar-refractivity contribution in [1.29, 1.82) is 0 Å². The summed E-state index contributed by atoms with van der Waals surface area (Å²) in [5.41, 5.74) is 3.40. The van der Waals surface area contributed by atoms with Crippen molar-refractivity contribution in [1.82, 2.24) is 10.3 Å². The second kappa shape index (κ2) is 7.33. The molecular formula is C18H17Cl2N3O2. The van der Waals surface area contributed by atoms with Crippen LogP contribution in [0.2, 0.25) is 10.0 Å². The van der Waals surface area contributed by atoms with Gasteiger partial charge in [-0.2, -0.15) is 5.10 Å². The van der Waals surface area contributed by atoms with E-state index in [1.54, 1.807) is 26.3 Å². The summed E-state index contributed by atoms with van der Waals surface area (Å²) in [5, 5.41) is 9.74. The SMILES string of the molecule is CNC(=O)N1CCc2cc(OC)c(Cl)cc2C(c2ccc(Cl)cc2)=N1. The number of hydrazone groups is 1. The van der Waals surface area contributed by atoms with E-state index in [9.17, 15) is 4.79 Å². The van der Waals surface area contributed by atoms with Gasteiger partial charge in [0.1, 0.15) is 5.75 Å². The number of amides is 2. The predicted octanol–water partition coefficient (Wildman–Crippen LogP) is 3.95. The zero-order valence-corrected chi connectivity index (χ0v) is 15.4. The smallest absolute Gasteiger partial charge is 0.337 e. The van der Waals surface area contributed by atoms with Gasteiger partial charge in [0.2, 0.25) is 0 Å². The molecule has 0 atom stereocenters. The minimum absolute atomic E-state index is 0.266. The van der Waals surface area contributed by atoms with Crippen molar-refractivity contribution < 1.29 is 9.53 Å². The Labute approximate surface area is 156 Å². The highest BCUT2D eigenvalue weighted by Gasteiger charge is 2.23. The minimum Gasteiger partial charge on any atom is -0.495 e. The van der Waals surface area contributed by atoms with Crippen molar-refractivity contribution in [2.75, 3.05) is 20.7 Å². The lowest BCUT2D eigenvalue weighted by atomic mass is 9.96. The molecule has 1 aliphatic heterocycles. The van der Waals surface area contributed by atoms with E-state index in [0.29, 0.717) is 34.5 Å². The Morgan fingerprint density at radius 3 is 2.60 bits per heavy atom. The zero-order chi connectivity index (χ0) is 18.0. The molecule has 5 nitrogen and oxygen atoms in total. The van der Waals surface area contributed by atoms with E-state index in [1.807, 2.05) is 24.3 Å². The van der Waals surface area contributed by atoms with Crippen molar-refractivity contribution in [2.45, 2.75) is 6.42 Å². The van der Waals surface area contributed by atoms with Crippen LogP contribution in [0.5, 0.6) is 5.75 Å². The van der Waals surface area contributed by atoms with Crippen LogP contribution in [0.15, 0.2) is 41.5 Å². The standard InChI is InChI=1S/C18H17Cl2N3O2/c1-21-18(24)23-8-7-12-9-16(25-2)15(20)10-14(12)17(22-23)11-3-5-13(19)6-4-11/h3-6,9-10H,7-8H2,1-2H3,(H,21,24). The third-order valence-corrected chi connectivity index (χ3v) is 4.56. The zero-order valence-electron chi connectivity index (χ0n) is 13.8. The Balaban J connectivity index is 2.17. The van der Waals surface area contributed by atoms with Crippen molar-refractivity contribution >= 4 is 34.9 Å². The molecule has 2 amide bonds. The van der Waals surface area contributed by atoms with Gasteiger partial charge in [-0.05, 0) is 36.2 Å². The molecular weight excluding hydrogens is 361 g/mol. The number of benzene rings is 2. The number of hydrogen-bond acceptors (Lipinski definition) is 3. The number of carbonyl (C=O) groups excluding carboxylic acids is 1. The normalized spacial score (nSPS) is 13.6. The van der Waals surface area contributed by atoms with Crippen LogP contribution >= 0.6 is 23.2 Å². The first-order chi connectivity index (χ1) is 12.0. The maximum absolute atomic E-state index is 12.1. The summed E-state index contributed by atoms with van der Waals surface area (Å²) in [4.78, 5) is 12.1. The molecule has 3 rings (SSSR count). The monoisotopic (exact) mass is 377 g/mol. The van der Waals surface area contributed by atoms with Gasteiger partial charge in [0, 0.05) is 23.2 Å². The summed E-state index contributed by atoms with van der Waals surface area (Å²) >= 11 is 12.3. The quantitative estimate of drug-likeness (QED) is 0.860. The Morgan fingerprint density at radius 1 is 1.24 bits per heavy atom. The number of fused-ring (bicyclic) bond motifs is 1. The summed E-state index contributed by atoms with van der Waals surface area (Å²) in [6.45, 7) is 0.453. The molecule has 2 aromatic rings. The molecule has 0 spiro atoms. The van der Waals surface area contributed by atoms with Crippen molar-refractivity contribution in [3.05, 3.63) is 63.1 Å². The number of nitrogens with zero attached hydrogens (tertiary/aromatic N) is 2. The van der Waals surface area contributed by atoms with Crippen LogP contribution in [-0.4, -0.2) is 37.5 Å². The number of rotatable bonds is 2. The van der Waals surface area contributed by atoms with Crippen LogP contribution in [0.3, 0.4) is 0 Å². The van der Waals surface area contributed by atoms with E-state index in [1.165, 1.54) is 5.01 Å². The van der Waals surface area contributed by atoms with Crippen molar-refractivity contribution in [3.8, 4) is 5.75 Å². The first-order valence-electron chi connectivity index (χ1n) is 7.74. The van der Waals surface area contributed by atoms with Gasteiger partial charge in [0.25, 0.3) is 0 Å². The Hall–Kier alpha value is -2.24. The lowest BCUT2D eigenvalue weighted by Gasteiger charge is -2.15. The molecule has 25 heavy (non-hydrogen) atoms. The van der Waals surface area contributed by atoms with E-state index in [-0.39, 0.29) is 6.03 Å². The van der Waals surface area contributed by atoms with Gasteiger partial charge in [-0.3, -0.25) is 0 Å². The summed E-state index contributed by atoms with van der Waals surface area (Å²) < 4.78 is 5.32. The summed E-state index contributed by atoms with van der Waals surface area (Å²) in [5.74, 6) is 0.601. The number of carbonyl (C=O) groups is 1. The molecule has 7 heteroatoms. The van der Waals surface area contributed by atoms with Gasteiger partial charge in [-0.15, -0.1) is 0 Å². The highest BCUT2D eigenvalue weighted by Crippen LogP contribution is 2.31. The van der Waals surface area contributed by atoms with Crippen LogP contribution in [0, 0.1) is 0 Å². The molecule has 0 saturated heterocycles. The van der Waals surface area contributed by atoms with Crippen LogP contribution in [0.1, 0.15) is 16.7 Å². The third kappa shape index (κ3) is 3.57. The first kappa shape index (κ1) is 17.6. The average molecular weight is 378 g/mol. The molecule has 0 fully saturated rings. The fraction of sp³-hybridized carbons (Fsp3) is 0.222. The Bertz CT molecular complexity index is 835. The summed E-state index contributed by atoms with van der Waals surface area (Å²) in [6, 6.07) is 10.8. The largest absolute Gasteiger partial charge is 0.495 e. The molecule has 0 unspecified atom stereocenters. The number of nitrogens with one attached hydrogen (secondary N) is 1. The topological polar surface area (TPSA) is 53.9 Å². The van der Waals surface area contributed by atoms with Crippen LogP contribution < -0.4 is 10.1 Å². The Kier molecular flexibility index (Phi) is 5.16. The lowest BCUT2D eigenvalue weighted by Crippen LogP contribution is -2.35. The molecule has 0 aliphatic carbocycles. The molecule has 2 aromatic carbocycles. The van der Waals surface area contributed by atoms with E-state index in [2.05, 4.69) is 10.4 Å². The second-order valence-corrected chi connectivity index (χ2v) is 6.37. The molecule has 1 aliphatic rings. The molecule has 1 heterocycles. The van der Waals surface area contributed by atoms with Gasteiger partial charge in [0.15, 0.2) is 0 Å². The van der Waals surface area contributed by atoms with Gasteiger partial charge in [-0.25, -0.2) is 9.80 Å². The highest BCUT2D eigenvalue weighted by atomic mass is 35.5. The molecule has 0 aromatic heterocycles. The van der Waals surface area contributed by atoms with Gasteiger partial charge < -0.3 is 10.1 Å². The molecule has 0 radical (unpaired) electrons. The number of ether oxygens (including phenoxy) is 1. The van der Waals surface area contributed by atoms with Gasteiger partial charge in [-0.1, -0.05) is 35.3 Å². The summed E-state index contributed by atoms with van der Waals surface area (Å²) in [6.07, 6.45) is 0.636. The lowest BCUT2D eigenvalue weighted by molar-refractivity contribution is 0.203. The number of hydrogen-bond donors (Lipinski definition) is 1.